The number of benzene rings is 3. The number of rotatable bonds is 6. The quantitative estimate of drug-likeness (QED) is 0.431. The second-order valence-electron chi connectivity index (χ2n) is 5.75. The molecule has 0 aliphatic carbocycles. The number of ether oxygens (including phenoxy) is 1. The molecule has 29 heavy (non-hydrogen) atoms. The maximum absolute atomic E-state index is 12.2. The number of carbonyl (C=O) groups is 2. The number of amides is 1. The first-order chi connectivity index (χ1) is 14.1. The molecule has 0 unspecified atom stereocenters. The number of nitrogens with one attached hydrogen (secondary N) is 1. The van der Waals surface area contributed by atoms with Crippen molar-refractivity contribution >= 4 is 34.9 Å². The number of para-hydroxylation sites is 1. The number of carbonyl (C=O) groups excluding carboxylic acids is 2. The van der Waals surface area contributed by atoms with E-state index in [0.717, 1.165) is 0 Å². The van der Waals surface area contributed by atoms with Gasteiger partial charge >= 0.3 is 5.97 Å². The fraction of sp³-hybridized carbons (Fsp3) is 0.0476. The van der Waals surface area contributed by atoms with Crippen LogP contribution in [0.15, 0.2) is 83.0 Å². The van der Waals surface area contributed by atoms with Crippen molar-refractivity contribution in [1.82, 2.24) is 0 Å². The summed E-state index contributed by atoms with van der Waals surface area (Å²) >= 11 is 5.86. The third-order valence-electron chi connectivity index (χ3n) is 3.78. The van der Waals surface area contributed by atoms with E-state index in [4.69, 9.17) is 21.2 Å². The zero-order valence-electron chi connectivity index (χ0n) is 15.3. The van der Waals surface area contributed by atoms with Crippen LogP contribution in [-0.2, 0) is 4.84 Å². The van der Waals surface area contributed by atoms with Crippen molar-refractivity contribution in [2.24, 2.45) is 10.2 Å². The average Bonchev–Trinajstić information content (AvgIpc) is 2.76. The first-order valence-electron chi connectivity index (χ1n) is 8.49. The molecule has 1 amide bonds. The summed E-state index contributed by atoms with van der Waals surface area (Å²) in [6, 6.07) is 19.7. The van der Waals surface area contributed by atoms with Crippen LogP contribution in [0.3, 0.4) is 0 Å². The van der Waals surface area contributed by atoms with Gasteiger partial charge in [0.15, 0.2) is 0 Å². The van der Waals surface area contributed by atoms with Crippen molar-refractivity contribution in [2.45, 2.75) is 0 Å². The summed E-state index contributed by atoms with van der Waals surface area (Å²) in [5.74, 6) is -0.668. The van der Waals surface area contributed by atoms with Crippen LogP contribution in [0.25, 0.3) is 0 Å². The van der Waals surface area contributed by atoms with E-state index in [2.05, 4.69) is 15.7 Å². The van der Waals surface area contributed by atoms with E-state index >= 15 is 0 Å². The molecule has 0 aromatic heterocycles. The fourth-order valence-electron chi connectivity index (χ4n) is 2.35. The molecule has 1 N–H and O–H groups in total. The highest BCUT2D eigenvalue weighted by atomic mass is 35.5. The Morgan fingerprint density at radius 3 is 2.45 bits per heavy atom. The third-order valence-corrected chi connectivity index (χ3v) is 4.02. The predicted octanol–water partition coefficient (Wildman–Crippen LogP) is 5.46. The Labute approximate surface area is 171 Å². The summed E-state index contributed by atoms with van der Waals surface area (Å²) in [5, 5.41) is 8.02. The maximum atomic E-state index is 12.2. The SMILES string of the molecule is COc1ccccc1C(=O)ONc1ccc(N=NC(=O)c2cccc(Cl)c2)cc1. The van der Waals surface area contributed by atoms with Gasteiger partial charge in [0.05, 0.1) is 18.5 Å². The standard InChI is InChI=1S/C21H16ClN3O4/c1-28-19-8-3-2-7-18(19)21(27)29-25-17-11-9-16(10-12-17)23-24-20(26)14-5-4-6-15(22)13-14/h2-13,25H,1H3. The maximum Gasteiger partial charge on any atom is 0.366 e. The zero-order valence-corrected chi connectivity index (χ0v) is 16.1. The molecule has 0 radical (unpaired) electrons. The van der Waals surface area contributed by atoms with Crippen molar-refractivity contribution in [2.75, 3.05) is 12.6 Å². The van der Waals surface area contributed by atoms with Gasteiger partial charge in [-0.2, -0.15) is 0 Å². The molecule has 8 heteroatoms. The number of anilines is 1. The lowest BCUT2D eigenvalue weighted by atomic mass is 10.2. The Morgan fingerprint density at radius 1 is 0.966 bits per heavy atom. The van der Waals surface area contributed by atoms with Gasteiger partial charge in [-0.25, -0.2) is 10.3 Å². The molecule has 3 aromatic carbocycles. The summed E-state index contributed by atoms with van der Waals surface area (Å²) in [6.07, 6.45) is 0. The average molecular weight is 410 g/mol. The van der Waals surface area contributed by atoms with E-state index < -0.39 is 11.9 Å². The Morgan fingerprint density at radius 2 is 1.72 bits per heavy atom. The number of hydrogen-bond acceptors (Lipinski definition) is 6. The number of nitrogens with zero attached hydrogens (tertiary/aromatic N) is 2. The molecule has 0 spiro atoms. The van der Waals surface area contributed by atoms with Gasteiger partial charge in [-0.05, 0) is 54.6 Å². The minimum absolute atomic E-state index is 0.299. The Kier molecular flexibility index (Phi) is 6.55. The minimum atomic E-state index is -0.585. The van der Waals surface area contributed by atoms with Gasteiger partial charge in [0, 0.05) is 10.6 Å². The summed E-state index contributed by atoms with van der Waals surface area (Å²) in [5.41, 5.74) is 4.19. The van der Waals surface area contributed by atoms with E-state index in [9.17, 15) is 9.59 Å². The lowest BCUT2D eigenvalue weighted by Crippen LogP contribution is -2.11. The third kappa shape index (κ3) is 5.40. The van der Waals surface area contributed by atoms with Gasteiger partial charge in [-0.1, -0.05) is 29.8 Å². The lowest BCUT2D eigenvalue weighted by Gasteiger charge is -2.09. The van der Waals surface area contributed by atoms with Crippen molar-refractivity contribution < 1.29 is 19.2 Å². The monoisotopic (exact) mass is 409 g/mol. The fourth-order valence-corrected chi connectivity index (χ4v) is 2.54. The van der Waals surface area contributed by atoms with Gasteiger partial charge in [-0.3, -0.25) is 4.79 Å². The van der Waals surface area contributed by atoms with Gasteiger partial charge in [0.1, 0.15) is 11.3 Å². The predicted molar refractivity (Wildman–Crippen MR) is 109 cm³/mol. The smallest absolute Gasteiger partial charge is 0.366 e. The summed E-state index contributed by atoms with van der Waals surface area (Å²) in [6.45, 7) is 0. The van der Waals surface area contributed by atoms with Crippen LogP contribution < -0.4 is 10.2 Å². The van der Waals surface area contributed by atoms with Crippen LogP contribution >= 0.6 is 11.6 Å². The normalized spacial score (nSPS) is 10.6. The second kappa shape index (κ2) is 9.48. The van der Waals surface area contributed by atoms with Crippen LogP contribution in [0.1, 0.15) is 20.7 Å². The molecule has 0 aliphatic rings. The van der Waals surface area contributed by atoms with Gasteiger partial charge in [0.2, 0.25) is 0 Å². The molecule has 7 nitrogen and oxygen atoms in total. The Hall–Kier alpha value is -3.71. The molecule has 0 heterocycles. The summed E-state index contributed by atoms with van der Waals surface area (Å²) in [4.78, 5) is 29.2. The molecule has 0 saturated carbocycles. The van der Waals surface area contributed by atoms with Gasteiger partial charge in [-0.15, -0.1) is 10.2 Å². The van der Waals surface area contributed by atoms with Crippen LogP contribution in [0.5, 0.6) is 5.75 Å². The number of azo groups is 1. The molecular weight excluding hydrogens is 394 g/mol. The lowest BCUT2D eigenvalue weighted by molar-refractivity contribution is 0.0592. The van der Waals surface area contributed by atoms with E-state index in [-0.39, 0.29) is 0 Å². The molecular formula is C21H16ClN3O4. The summed E-state index contributed by atoms with van der Waals surface area (Å²) < 4.78 is 5.13. The van der Waals surface area contributed by atoms with Crippen molar-refractivity contribution in [3.63, 3.8) is 0 Å². The minimum Gasteiger partial charge on any atom is -0.496 e. The highest BCUT2D eigenvalue weighted by molar-refractivity contribution is 6.30. The number of methoxy groups -OCH3 is 1. The molecule has 3 rings (SSSR count). The van der Waals surface area contributed by atoms with Crippen LogP contribution in [-0.4, -0.2) is 19.0 Å². The Balaban J connectivity index is 1.59. The van der Waals surface area contributed by atoms with Crippen LogP contribution in [0.4, 0.5) is 11.4 Å². The van der Waals surface area contributed by atoms with Crippen molar-refractivity contribution in [3.8, 4) is 5.75 Å². The highest BCUT2D eigenvalue weighted by Crippen LogP contribution is 2.20. The van der Waals surface area contributed by atoms with Gasteiger partial charge in [0.25, 0.3) is 5.91 Å². The summed E-state index contributed by atoms with van der Waals surface area (Å²) in [7, 11) is 1.48. The molecule has 0 aliphatic heterocycles. The molecule has 3 aromatic rings. The van der Waals surface area contributed by atoms with E-state index in [0.29, 0.717) is 33.3 Å². The molecule has 0 fully saturated rings. The zero-order chi connectivity index (χ0) is 20.6. The molecule has 0 saturated heterocycles. The number of halogens is 1. The van der Waals surface area contributed by atoms with Crippen LogP contribution in [0, 0.1) is 0 Å². The van der Waals surface area contributed by atoms with Gasteiger partial charge < -0.3 is 9.57 Å². The topological polar surface area (TPSA) is 89.3 Å². The van der Waals surface area contributed by atoms with E-state index in [1.807, 2.05) is 0 Å². The molecule has 0 bridgehead atoms. The van der Waals surface area contributed by atoms with Crippen molar-refractivity contribution in [3.05, 3.63) is 88.9 Å². The van der Waals surface area contributed by atoms with Crippen molar-refractivity contribution in [1.29, 1.82) is 0 Å². The van der Waals surface area contributed by atoms with Crippen LogP contribution in [0.2, 0.25) is 5.02 Å². The van der Waals surface area contributed by atoms with E-state index in [1.165, 1.54) is 13.2 Å². The highest BCUT2D eigenvalue weighted by Gasteiger charge is 2.13. The molecule has 146 valence electrons. The second-order valence-corrected chi connectivity index (χ2v) is 6.19. The first kappa shape index (κ1) is 20.0. The Bertz CT molecular complexity index is 1050. The molecule has 0 atom stereocenters. The largest absolute Gasteiger partial charge is 0.496 e. The number of hydrogen-bond donors (Lipinski definition) is 1. The van der Waals surface area contributed by atoms with E-state index in [1.54, 1.807) is 66.7 Å². The first-order valence-corrected chi connectivity index (χ1v) is 8.86.